The van der Waals surface area contributed by atoms with Gasteiger partial charge >= 0.3 is 0 Å². The molecule has 3 nitrogen and oxygen atoms in total. The molecule has 0 aliphatic heterocycles. The summed E-state index contributed by atoms with van der Waals surface area (Å²) in [6, 6.07) is 15.5. The number of rotatable bonds is 5. The smallest absolute Gasteiger partial charge is 0.181 e. The van der Waals surface area contributed by atoms with Crippen LogP contribution in [-0.4, -0.2) is 19.5 Å². The van der Waals surface area contributed by atoms with E-state index in [2.05, 4.69) is 0 Å². The lowest BCUT2D eigenvalue weighted by Gasteiger charge is -2.12. The summed E-state index contributed by atoms with van der Waals surface area (Å²) in [6.45, 7) is 3.48. The first-order valence-electron chi connectivity index (χ1n) is 6.80. The van der Waals surface area contributed by atoms with Crippen LogP contribution in [0.1, 0.15) is 29.3 Å². The van der Waals surface area contributed by atoms with Gasteiger partial charge in [-0.2, -0.15) is 0 Å². The lowest BCUT2D eigenvalue weighted by atomic mass is 10.1. The highest BCUT2D eigenvalue weighted by molar-refractivity contribution is 7.92. The third kappa shape index (κ3) is 3.58. The Morgan fingerprint density at radius 2 is 1.57 bits per heavy atom. The minimum Gasteiger partial charge on any atom is -0.294 e. The molecule has 21 heavy (non-hydrogen) atoms. The second kappa shape index (κ2) is 6.22. The highest BCUT2D eigenvalue weighted by atomic mass is 32.2. The summed E-state index contributed by atoms with van der Waals surface area (Å²) in [4.78, 5) is 12.4. The van der Waals surface area contributed by atoms with E-state index in [1.54, 1.807) is 55.5 Å². The van der Waals surface area contributed by atoms with E-state index in [1.165, 1.54) is 0 Å². The van der Waals surface area contributed by atoms with Crippen molar-refractivity contribution in [1.82, 2.24) is 0 Å². The largest absolute Gasteiger partial charge is 0.294 e. The maximum absolute atomic E-state index is 12.5. The van der Waals surface area contributed by atoms with Crippen LogP contribution in [0, 0.1) is 6.92 Å². The van der Waals surface area contributed by atoms with Gasteiger partial charge in [0.15, 0.2) is 15.6 Å². The summed E-state index contributed by atoms with van der Waals surface area (Å²) in [5, 5.41) is -0.743. The molecule has 0 radical (unpaired) electrons. The van der Waals surface area contributed by atoms with Crippen LogP contribution in [0.2, 0.25) is 0 Å². The number of Topliss-reactive ketones (excluding diaryl/α,β-unsaturated/α-hetero) is 1. The standard InChI is InChI=1S/C17H18O3S/c1-13-8-10-16(11-9-13)21(19,20)14(2)12-17(18)15-6-4-3-5-7-15/h3-11,14H,12H2,1-2H3. The molecule has 0 saturated carbocycles. The molecule has 0 bridgehead atoms. The van der Waals surface area contributed by atoms with Gasteiger partial charge in [-0.25, -0.2) is 8.42 Å². The summed E-state index contributed by atoms with van der Waals surface area (Å²) in [5.41, 5.74) is 1.55. The van der Waals surface area contributed by atoms with Crippen LogP contribution in [0.3, 0.4) is 0 Å². The van der Waals surface area contributed by atoms with E-state index in [0.717, 1.165) is 5.56 Å². The van der Waals surface area contributed by atoms with Crippen molar-refractivity contribution in [3.05, 3.63) is 65.7 Å². The van der Waals surface area contributed by atoms with Crippen molar-refractivity contribution < 1.29 is 13.2 Å². The van der Waals surface area contributed by atoms with Crippen LogP contribution >= 0.6 is 0 Å². The maximum atomic E-state index is 12.5. The van der Waals surface area contributed by atoms with Gasteiger partial charge in [0.2, 0.25) is 0 Å². The fraction of sp³-hybridized carbons (Fsp3) is 0.235. The molecule has 2 rings (SSSR count). The number of hydrogen-bond donors (Lipinski definition) is 0. The molecule has 1 unspecified atom stereocenters. The molecular formula is C17H18O3S. The Labute approximate surface area is 125 Å². The number of aryl methyl sites for hydroxylation is 1. The molecule has 110 valence electrons. The highest BCUT2D eigenvalue weighted by Gasteiger charge is 2.25. The lowest BCUT2D eigenvalue weighted by molar-refractivity contribution is 0.0982. The third-order valence-corrected chi connectivity index (χ3v) is 5.60. The van der Waals surface area contributed by atoms with Crippen molar-refractivity contribution in [2.45, 2.75) is 30.4 Å². The van der Waals surface area contributed by atoms with Gasteiger partial charge in [-0.15, -0.1) is 0 Å². The average molecular weight is 302 g/mol. The number of benzene rings is 2. The van der Waals surface area contributed by atoms with Crippen molar-refractivity contribution >= 4 is 15.6 Å². The molecule has 2 aromatic carbocycles. The molecule has 0 fully saturated rings. The quantitative estimate of drug-likeness (QED) is 0.795. The van der Waals surface area contributed by atoms with E-state index in [1.807, 2.05) is 13.0 Å². The van der Waals surface area contributed by atoms with Crippen LogP contribution in [0.5, 0.6) is 0 Å². The van der Waals surface area contributed by atoms with Crippen molar-refractivity contribution in [2.24, 2.45) is 0 Å². The first kappa shape index (κ1) is 15.4. The zero-order valence-electron chi connectivity index (χ0n) is 12.1. The van der Waals surface area contributed by atoms with E-state index in [9.17, 15) is 13.2 Å². The second-order valence-corrected chi connectivity index (χ2v) is 7.53. The molecule has 1 atom stereocenters. The van der Waals surface area contributed by atoms with Gasteiger partial charge in [0.1, 0.15) is 0 Å². The molecule has 0 saturated heterocycles. The maximum Gasteiger partial charge on any atom is 0.181 e. The molecular weight excluding hydrogens is 284 g/mol. The Morgan fingerprint density at radius 1 is 1.00 bits per heavy atom. The first-order chi connectivity index (χ1) is 9.91. The van der Waals surface area contributed by atoms with Crippen molar-refractivity contribution in [3.63, 3.8) is 0 Å². The number of carbonyl (C=O) groups is 1. The summed E-state index contributed by atoms with van der Waals surface area (Å²) < 4.78 is 24.9. The van der Waals surface area contributed by atoms with E-state index >= 15 is 0 Å². The van der Waals surface area contributed by atoms with Gasteiger partial charge in [0.05, 0.1) is 10.1 Å². The van der Waals surface area contributed by atoms with Gasteiger partial charge in [-0.1, -0.05) is 48.0 Å². The molecule has 0 spiro atoms. The topological polar surface area (TPSA) is 51.2 Å². The van der Waals surface area contributed by atoms with E-state index in [0.29, 0.717) is 5.56 Å². The summed E-state index contributed by atoms with van der Waals surface area (Å²) >= 11 is 0. The number of ketones is 1. The Bertz CT molecular complexity index is 716. The summed E-state index contributed by atoms with van der Waals surface area (Å²) in [6.07, 6.45) is -0.0137. The molecule has 0 aliphatic rings. The normalized spacial score (nSPS) is 12.9. The van der Waals surface area contributed by atoms with Gasteiger partial charge in [0, 0.05) is 12.0 Å². The van der Waals surface area contributed by atoms with Crippen LogP contribution < -0.4 is 0 Å². The zero-order valence-corrected chi connectivity index (χ0v) is 12.9. The third-order valence-electron chi connectivity index (χ3n) is 3.45. The number of hydrogen-bond acceptors (Lipinski definition) is 3. The first-order valence-corrected chi connectivity index (χ1v) is 8.34. The molecule has 0 amide bonds. The Morgan fingerprint density at radius 3 is 2.14 bits per heavy atom. The monoisotopic (exact) mass is 302 g/mol. The van der Waals surface area contributed by atoms with E-state index in [-0.39, 0.29) is 17.1 Å². The number of carbonyl (C=O) groups excluding carboxylic acids is 1. The van der Waals surface area contributed by atoms with Gasteiger partial charge < -0.3 is 0 Å². The number of sulfone groups is 1. The molecule has 0 N–H and O–H groups in total. The van der Waals surface area contributed by atoms with Gasteiger partial charge in [-0.3, -0.25) is 4.79 Å². The molecule has 2 aromatic rings. The van der Waals surface area contributed by atoms with Crippen molar-refractivity contribution in [1.29, 1.82) is 0 Å². The average Bonchev–Trinajstić information content (AvgIpc) is 2.48. The zero-order chi connectivity index (χ0) is 15.5. The fourth-order valence-electron chi connectivity index (χ4n) is 2.07. The second-order valence-electron chi connectivity index (χ2n) is 5.16. The molecule has 4 heteroatoms. The Balaban J connectivity index is 2.17. The highest BCUT2D eigenvalue weighted by Crippen LogP contribution is 2.20. The van der Waals surface area contributed by atoms with E-state index in [4.69, 9.17) is 0 Å². The van der Waals surface area contributed by atoms with Crippen LogP contribution in [-0.2, 0) is 9.84 Å². The van der Waals surface area contributed by atoms with E-state index < -0.39 is 15.1 Å². The predicted octanol–water partition coefficient (Wildman–Crippen LogP) is 3.43. The van der Waals surface area contributed by atoms with Gasteiger partial charge in [-0.05, 0) is 26.0 Å². The Hall–Kier alpha value is -1.94. The fourth-order valence-corrected chi connectivity index (χ4v) is 3.42. The van der Waals surface area contributed by atoms with Crippen molar-refractivity contribution in [3.8, 4) is 0 Å². The van der Waals surface area contributed by atoms with Crippen LogP contribution in [0.4, 0.5) is 0 Å². The summed E-state index contributed by atoms with van der Waals surface area (Å²) in [5.74, 6) is -0.154. The lowest BCUT2D eigenvalue weighted by Crippen LogP contribution is -2.21. The molecule has 0 aliphatic carbocycles. The van der Waals surface area contributed by atoms with Crippen molar-refractivity contribution in [2.75, 3.05) is 0 Å². The molecule has 0 aromatic heterocycles. The van der Waals surface area contributed by atoms with Crippen LogP contribution in [0.15, 0.2) is 59.5 Å². The van der Waals surface area contributed by atoms with Gasteiger partial charge in [0.25, 0.3) is 0 Å². The molecule has 0 heterocycles. The minimum atomic E-state index is -3.48. The van der Waals surface area contributed by atoms with Crippen LogP contribution in [0.25, 0.3) is 0 Å². The summed E-state index contributed by atoms with van der Waals surface area (Å²) in [7, 11) is -3.48. The predicted molar refractivity (Wildman–Crippen MR) is 83.2 cm³/mol. The minimum absolute atomic E-state index is 0.0137. The SMILES string of the molecule is Cc1ccc(S(=O)(=O)C(C)CC(=O)c2ccccc2)cc1. The Kier molecular flexibility index (Phi) is 4.58.